The molecular formula is C14H18Br2N2O2S. The van der Waals surface area contributed by atoms with Gasteiger partial charge in [-0.1, -0.05) is 15.9 Å². The van der Waals surface area contributed by atoms with Gasteiger partial charge < -0.3 is 0 Å². The van der Waals surface area contributed by atoms with Crippen molar-refractivity contribution in [3.05, 3.63) is 27.1 Å². The molecule has 2 fully saturated rings. The van der Waals surface area contributed by atoms with Gasteiger partial charge in [0.25, 0.3) is 0 Å². The third-order valence-corrected chi connectivity index (χ3v) is 7.81. The molecule has 2 heterocycles. The summed E-state index contributed by atoms with van der Waals surface area (Å²) in [6.07, 6.45) is 2.27. The van der Waals surface area contributed by atoms with E-state index in [4.69, 9.17) is 0 Å². The molecule has 2 aliphatic heterocycles. The molecule has 0 N–H and O–H groups in total. The fraction of sp³-hybridized carbons (Fsp3) is 0.571. The van der Waals surface area contributed by atoms with Crippen LogP contribution in [0.15, 0.2) is 32.0 Å². The molecule has 7 heteroatoms. The van der Waals surface area contributed by atoms with E-state index in [0.29, 0.717) is 22.0 Å². The van der Waals surface area contributed by atoms with E-state index < -0.39 is 10.0 Å². The van der Waals surface area contributed by atoms with Gasteiger partial charge in [0, 0.05) is 34.1 Å². The van der Waals surface area contributed by atoms with Crippen molar-refractivity contribution in [2.45, 2.75) is 36.7 Å². The van der Waals surface area contributed by atoms with Crippen LogP contribution in [0.1, 0.15) is 19.8 Å². The number of hydrogen-bond acceptors (Lipinski definition) is 3. The van der Waals surface area contributed by atoms with Crippen LogP contribution in [0.2, 0.25) is 0 Å². The number of benzene rings is 1. The first-order valence-corrected chi connectivity index (χ1v) is 10.1. The van der Waals surface area contributed by atoms with E-state index in [1.54, 1.807) is 22.5 Å². The molecule has 0 aliphatic carbocycles. The van der Waals surface area contributed by atoms with E-state index in [9.17, 15) is 8.42 Å². The van der Waals surface area contributed by atoms with E-state index in [2.05, 4.69) is 36.8 Å². The van der Waals surface area contributed by atoms with Crippen LogP contribution in [0.5, 0.6) is 0 Å². The zero-order valence-corrected chi connectivity index (χ0v) is 15.8. The van der Waals surface area contributed by atoms with Crippen molar-refractivity contribution >= 4 is 41.9 Å². The Kier molecular flexibility index (Phi) is 4.49. The van der Waals surface area contributed by atoms with Gasteiger partial charge in [-0.25, -0.2) is 8.42 Å². The maximum absolute atomic E-state index is 13.0. The summed E-state index contributed by atoms with van der Waals surface area (Å²) in [5.41, 5.74) is 0. The van der Waals surface area contributed by atoms with Crippen LogP contribution in [0.3, 0.4) is 0 Å². The molecule has 1 aromatic rings. The second-order valence-electron chi connectivity index (χ2n) is 5.79. The van der Waals surface area contributed by atoms with Crippen molar-refractivity contribution in [1.29, 1.82) is 0 Å². The number of halogens is 2. The maximum atomic E-state index is 13.0. The van der Waals surface area contributed by atoms with Gasteiger partial charge >= 0.3 is 0 Å². The molecule has 3 rings (SSSR count). The monoisotopic (exact) mass is 436 g/mol. The van der Waals surface area contributed by atoms with Crippen molar-refractivity contribution in [2.75, 3.05) is 19.6 Å². The number of sulfonamides is 1. The first-order chi connectivity index (χ1) is 9.89. The van der Waals surface area contributed by atoms with Gasteiger partial charge in [-0.2, -0.15) is 4.31 Å². The summed E-state index contributed by atoms with van der Waals surface area (Å²) in [6.45, 7) is 4.54. The van der Waals surface area contributed by atoms with Gasteiger partial charge in [-0.05, 0) is 60.4 Å². The van der Waals surface area contributed by atoms with Crippen molar-refractivity contribution in [2.24, 2.45) is 0 Å². The third-order valence-electron chi connectivity index (χ3n) is 4.36. The predicted molar refractivity (Wildman–Crippen MR) is 89.8 cm³/mol. The largest absolute Gasteiger partial charge is 0.297 e. The quantitative estimate of drug-likeness (QED) is 0.713. The zero-order chi connectivity index (χ0) is 15.2. The Morgan fingerprint density at radius 1 is 1.24 bits per heavy atom. The van der Waals surface area contributed by atoms with E-state index in [1.807, 2.05) is 6.92 Å². The van der Waals surface area contributed by atoms with Gasteiger partial charge in [-0.15, -0.1) is 0 Å². The molecular weight excluding hydrogens is 420 g/mol. The Hall–Kier alpha value is 0.0500. The van der Waals surface area contributed by atoms with Gasteiger partial charge in [0.15, 0.2) is 0 Å². The fourth-order valence-electron chi connectivity index (χ4n) is 3.31. The van der Waals surface area contributed by atoms with Crippen LogP contribution in [-0.4, -0.2) is 49.3 Å². The van der Waals surface area contributed by atoms with Crippen molar-refractivity contribution < 1.29 is 8.42 Å². The number of piperazine rings is 1. The SMILES string of the molecule is CC1CN2CCCC2CN1S(=O)(=O)c1ccc(Br)cc1Br. The van der Waals surface area contributed by atoms with Crippen molar-refractivity contribution in [3.63, 3.8) is 0 Å². The molecule has 2 unspecified atom stereocenters. The highest BCUT2D eigenvalue weighted by atomic mass is 79.9. The Bertz CT molecular complexity index is 650. The van der Waals surface area contributed by atoms with Crippen LogP contribution in [0.4, 0.5) is 0 Å². The minimum Gasteiger partial charge on any atom is -0.297 e. The highest BCUT2D eigenvalue weighted by Gasteiger charge is 2.40. The Morgan fingerprint density at radius 2 is 2.00 bits per heavy atom. The van der Waals surface area contributed by atoms with Gasteiger partial charge in [0.2, 0.25) is 10.0 Å². The van der Waals surface area contributed by atoms with Crippen molar-refractivity contribution in [1.82, 2.24) is 9.21 Å². The summed E-state index contributed by atoms with van der Waals surface area (Å²) in [6, 6.07) is 5.61. The van der Waals surface area contributed by atoms with Crippen LogP contribution >= 0.6 is 31.9 Å². The number of nitrogens with zero attached hydrogens (tertiary/aromatic N) is 2. The van der Waals surface area contributed by atoms with Crippen molar-refractivity contribution in [3.8, 4) is 0 Å². The Labute approximate surface area is 142 Å². The highest BCUT2D eigenvalue weighted by Crippen LogP contribution is 2.32. The molecule has 0 radical (unpaired) electrons. The zero-order valence-electron chi connectivity index (χ0n) is 11.8. The molecule has 116 valence electrons. The number of fused-ring (bicyclic) bond motifs is 1. The lowest BCUT2D eigenvalue weighted by Crippen LogP contribution is -2.56. The highest BCUT2D eigenvalue weighted by molar-refractivity contribution is 9.11. The molecule has 0 saturated carbocycles. The summed E-state index contributed by atoms with van der Waals surface area (Å²) < 4.78 is 29.1. The van der Waals surface area contributed by atoms with Gasteiger partial charge in [0.1, 0.15) is 0 Å². The Morgan fingerprint density at radius 3 is 2.71 bits per heavy atom. The second kappa shape index (κ2) is 5.92. The fourth-order valence-corrected chi connectivity index (χ4v) is 6.67. The lowest BCUT2D eigenvalue weighted by molar-refractivity contribution is 0.117. The average molecular weight is 438 g/mol. The molecule has 21 heavy (non-hydrogen) atoms. The average Bonchev–Trinajstić information content (AvgIpc) is 2.84. The first-order valence-electron chi connectivity index (χ1n) is 7.10. The lowest BCUT2D eigenvalue weighted by atomic mass is 10.1. The molecule has 2 saturated heterocycles. The molecule has 2 aliphatic rings. The molecule has 0 amide bonds. The first kappa shape index (κ1) is 15.9. The predicted octanol–water partition coefficient (Wildman–Crippen LogP) is 3.07. The molecule has 2 atom stereocenters. The molecule has 4 nitrogen and oxygen atoms in total. The summed E-state index contributed by atoms with van der Waals surface area (Å²) in [4.78, 5) is 2.77. The normalized spacial score (nSPS) is 27.8. The van der Waals surface area contributed by atoms with Crippen LogP contribution in [0, 0.1) is 0 Å². The van der Waals surface area contributed by atoms with Crippen LogP contribution in [-0.2, 0) is 10.0 Å². The maximum Gasteiger partial charge on any atom is 0.244 e. The van der Waals surface area contributed by atoms with E-state index >= 15 is 0 Å². The van der Waals surface area contributed by atoms with E-state index in [-0.39, 0.29) is 6.04 Å². The second-order valence-corrected chi connectivity index (χ2v) is 9.42. The molecule has 0 spiro atoms. The summed E-state index contributed by atoms with van der Waals surface area (Å²) >= 11 is 6.74. The van der Waals surface area contributed by atoms with Gasteiger partial charge in [-0.3, -0.25) is 4.90 Å². The molecule has 1 aromatic carbocycles. The minimum atomic E-state index is -3.46. The topological polar surface area (TPSA) is 40.6 Å². The Balaban J connectivity index is 1.93. The lowest BCUT2D eigenvalue weighted by Gasteiger charge is -2.41. The summed E-state index contributed by atoms with van der Waals surface area (Å²) in [5, 5.41) is 0. The number of rotatable bonds is 2. The summed E-state index contributed by atoms with van der Waals surface area (Å²) in [5.74, 6) is 0. The third kappa shape index (κ3) is 2.95. The van der Waals surface area contributed by atoms with E-state index in [1.165, 1.54) is 6.42 Å². The standard InChI is InChI=1S/C14H18Br2N2O2S/c1-10-8-17-6-2-3-12(17)9-18(10)21(19,20)14-5-4-11(15)7-13(14)16/h4-5,7,10,12H,2-3,6,8-9H2,1H3. The summed E-state index contributed by atoms with van der Waals surface area (Å²) in [7, 11) is -3.46. The van der Waals surface area contributed by atoms with Crippen LogP contribution in [0.25, 0.3) is 0 Å². The van der Waals surface area contributed by atoms with Crippen LogP contribution < -0.4 is 0 Å². The molecule has 0 bridgehead atoms. The molecule has 0 aromatic heterocycles. The van der Waals surface area contributed by atoms with E-state index in [0.717, 1.165) is 24.0 Å². The van der Waals surface area contributed by atoms with Gasteiger partial charge in [0.05, 0.1) is 4.90 Å². The smallest absolute Gasteiger partial charge is 0.244 e. The number of hydrogen-bond donors (Lipinski definition) is 0. The minimum absolute atomic E-state index is 0.0138.